The van der Waals surface area contributed by atoms with E-state index in [0.717, 1.165) is 6.07 Å². The smallest absolute Gasteiger partial charge is 0.201 e. The molecule has 75 valence electrons. The molecule has 1 radical (unpaired) electrons. The van der Waals surface area contributed by atoms with Crippen molar-refractivity contribution in [1.29, 1.82) is 0 Å². The highest BCUT2D eigenvalue weighted by molar-refractivity contribution is 5.32. The molecule has 0 spiro atoms. The lowest BCUT2D eigenvalue weighted by Crippen LogP contribution is -1.90. The van der Waals surface area contributed by atoms with Gasteiger partial charge in [-0.05, 0) is 30.3 Å². The maximum absolute atomic E-state index is 13.2. The summed E-state index contributed by atoms with van der Waals surface area (Å²) < 4.78 is 31.2. The van der Waals surface area contributed by atoms with Crippen molar-refractivity contribution in [1.82, 2.24) is 0 Å². The van der Waals surface area contributed by atoms with E-state index in [0.29, 0.717) is 5.75 Å². The summed E-state index contributed by atoms with van der Waals surface area (Å²) in [6.45, 7) is 0. The van der Waals surface area contributed by atoms with Gasteiger partial charge in [0.25, 0.3) is 0 Å². The van der Waals surface area contributed by atoms with Crippen molar-refractivity contribution in [3.05, 3.63) is 60.2 Å². The van der Waals surface area contributed by atoms with Crippen LogP contribution in [-0.2, 0) is 0 Å². The minimum Gasteiger partial charge on any atom is -0.454 e. The molecule has 1 nitrogen and oxygen atoms in total. The second kappa shape index (κ2) is 4.09. The fourth-order valence-corrected chi connectivity index (χ4v) is 1.13. The van der Waals surface area contributed by atoms with Crippen LogP contribution in [0.25, 0.3) is 0 Å². The molecule has 15 heavy (non-hydrogen) atoms. The zero-order valence-corrected chi connectivity index (χ0v) is 7.71. The van der Waals surface area contributed by atoms with Crippen molar-refractivity contribution in [2.45, 2.75) is 0 Å². The van der Waals surface area contributed by atoms with Crippen molar-refractivity contribution in [3.8, 4) is 11.5 Å². The number of halogens is 2. The summed E-state index contributed by atoms with van der Waals surface area (Å²) in [7, 11) is 0. The van der Waals surface area contributed by atoms with E-state index in [1.54, 1.807) is 24.3 Å². The van der Waals surface area contributed by atoms with Crippen molar-refractivity contribution >= 4 is 0 Å². The van der Waals surface area contributed by atoms with Gasteiger partial charge in [0.1, 0.15) is 5.75 Å². The summed E-state index contributed by atoms with van der Waals surface area (Å²) in [5, 5.41) is 0. The first-order valence-corrected chi connectivity index (χ1v) is 4.35. The van der Waals surface area contributed by atoms with E-state index in [-0.39, 0.29) is 5.75 Å². The van der Waals surface area contributed by atoms with Crippen LogP contribution in [0.4, 0.5) is 8.78 Å². The SMILES string of the molecule is Fc1cccc(Oc2cc[c]cc2)c1F. The minimum absolute atomic E-state index is 0.124. The van der Waals surface area contributed by atoms with Gasteiger partial charge in [0.2, 0.25) is 5.82 Å². The van der Waals surface area contributed by atoms with Gasteiger partial charge < -0.3 is 4.74 Å². The molecular formula is C12H7F2O. The average molecular weight is 205 g/mol. The average Bonchev–Trinajstić information content (AvgIpc) is 2.26. The predicted molar refractivity (Wildman–Crippen MR) is 51.7 cm³/mol. The molecular weight excluding hydrogens is 198 g/mol. The molecule has 0 aliphatic heterocycles. The molecule has 3 heteroatoms. The van der Waals surface area contributed by atoms with E-state index in [9.17, 15) is 8.78 Å². The van der Waals surface area contributed by atoms with Crippen LogP contribution in [0.15, 0.2) is 42.5 Å². The lowest BCUT2D eigenvalue weighted by molar-refractivity contribution is 0.416. The first kappa shape index (κ1) is 9.65. The third-order valence-corrected chi connectivity index (χ3v) is 1.83. The maximum Gasteiger partial charge on any atom is 0.201 e. The van der Waals surface area contributed by atoms with Crippen LogP contribution < -0.4 is 4.74 Å². The largest absolute Gasteiger partial charge is 0.454 e. The summed E-state index contributed by atoms with van der Waals surface area (Å²) >= 11 is 0. The van der Waals surface area contributed by atoms with Crippen LogP contribution in [0.3, 0.4) is 0 Å². The van der Waals surface area contributed by atoms with Crippen LogP contribution in [0.1, 0.15) is 0 Å². The number of benzene rings is 2. The zero-order chi connectivity index (χ0) is 10.7. The number of ether oxygens (including phenoxy) is 1. The third kappa shape index (κ3) is 2.13. The molecule has 0 atom stereocenters. The van der Waals surface area contributed by atoms with Gasteiger partial charge in [0.05, 0.1) is 0 Å². The normalized spacial score (nSPS) is 10.0. The molecule has 0 aromatic heterocycles. The Kier molecular flexibility index (Phi) is 2.63. The van der Waals surface area contributed by atoms with Crippen LogP contribution in [0, 0.1) is 17.7 Å². The molecule has 2 rings (SSSR count). The van der Waals surface area contributed by atoms with Gasteiger partial charge in [-0.2, -0.15) is 4.39 Å². The predicted octanol–water partition coefficient (Wildman–Crippen LogP) is 3.56. The van der Waals surface area contributed by atoms with Gasteiger partial charge in [0.15, 0.2) is 11.6 Å². The topological polar surface area (TPSA) is 9.23 Å². The molecule has 0 heterocycles. The molecule has 2 aromatic rings. The van der Waals surface area contributed by atoms with Crippen LogP contribution in [0.2, 0.25) is 0 Å². The molecule has 2 aromatic carbocycles. The van der Waals surface area contributed by atoms with E-state index in [1.165, 1.54) is 12.1 Å². The quantitative estimate of drug-likeness (QED) is 0.728. The second-order valence-corrected chi connectivity index (χ2v) is 2.89. The molecule has 0 fully saturated rings. The Hall–Kier alpha value is -1.90. The lowest BCUT2D eigenvalue weighted by Gasteiger charge is -2.06. The number of hydrogen-bond donors (Lipinski definition) is 0. The number of hydrogen-bond acceptors (Lipinski definition) is 1. The van der Waals surface area contributed by atoms with E-state index in [2.05, 4.69) is 6.07 Å². The molecule has 0 bridgehead atoms. The first-order valence-electron chi connectivity index (χ1n) is 4.35. The van der Waals surface area contributed by atoms with E-state index >= 15 is 0 Å². The minimum atomic E-state index is -0.981. The highest BCUT2D eigenvalue weighted by Gasteiger charge is 2.08. The van der Waals surface area contributed by atoms with Crippen LogP contribution in [0.5, 0.6) is 11.5 Å². The van der Waals surface area contributed by atoms with Crippen molar-refractivity contribution in [2.24, 2.45) is 0 Å². The van der Waals surface area contributed by atoms with Gasteiger partial charge in [-0.25, -0.2) is 4.39 Å². The molecule has 0 unspecified atom stereocenters. The standard InChI is InChI=1S/C12H7F2O/c13-10-7-4-8-11(12(10)14)15-9-5-2-1-3-6-9/h2-8H. The molecule has 0 saturated heterocycles. The molecule has 0 aliphatic rings. The van der Waals surface area contributed by atoms with Gasteiger partial charge in [-0.1, -0.05) is 18.2 Å². The van der Waals surface area contributed by atoms with Gasteiger partial charge in [-0.3, -0.25) is 0 Å². The fraction of sp³-hybridized carbons (Fsp3) is 0. The Balaban J connectivity index is 2.29. The summed E-state index contributed by atoms with van der Waals surface area (Å²) in [5.74, 6) is -1.58. The van der Waals surface area contributed by atoms with Crippen molar-refractivity contribution in [3.63, 3.8) is 0 Å². The monoisotopic (exact) mass is 205 g/mol. The van der Waals surface area contributed by atoms with Crippen LogP contribution in [-0.4, -0.2) is 0 Å². The van der Waals surface area contributed by atoms with Crippen molar-refractivity contribution in [2.75, 3.05) is 0 Å². The Morgan fingerprint density at radius 2 is 1.73 bits per heavy atom. The van der Waals surface area contributed by atoms with Gasteiger partial charge in [0, 0.05) is 0 Å². The fourth-order valence-electron chi connectivity index (χ4n) is 1.13. The van der Waals surface area contributed by atoms with Gasteiger partial charge in [-0.15, -0.1) is 0 Å². The lowest BCUT2D eigenvalue weighted by atomic mass is 10.3. The summed E-state index contributed by atoms with van der Waals surface area (Å²) in [4.78, 5) is 0. The van der Waals surface area contributed by atoms with Crippen molar-refractivity contribution < 1.29 is 13.5 Å². The Bertz CT molecular complexity index is 454. The molecule has 0 amide bonds. The highest BCUT2D eigenvalue weighted by atomic mass is 19.2. The highest BCUT2D eigenvalue weighted by Crippen LogP contribution is 2.25. The Morgan fingerprint density at radius 3 is 2.47 bits per heavy atom. The third-order valence-electron chi connectivity index (χ3n) is 1.83. The first-order chi connectivity index (χ1) is 7.27. The molecule has 0 aliphatic carbocycles. The van der Waals surface area contributed by atoms with E-state index in [4.69, 9.17) is 4.74 Å². The second-order valence-electron chi connectivity index (χ2n) is 2.89. The van der Waals surface area contributed by atoms with E-state index in [1.807, 2.05) is 0 Å². The number of rotatable bonds is 2. The molecule has 0 N–H and O–H groups in total. The Labute approximate surface area is 85.9 Å². The van der Waals surface area contributed by atoms with Crippen LogP contribution >= 0.6 is 0 Å². The Morgan fingerprint density at radius 1 is 1.00 bits per heavy atom. The maximum atomic E-state index is 13.2. The van der Waals surface area contributed by atoms with Gasteiger partial charge >= 0.3 is 0 Å². The summed E-state index contributed by atoms with van der Waals surface area (Å²) in [6, 6.07) is 13.1. The summed E-state index contributed by atoms with van der Waals surface area (Å²) in [5.41, 5.74) is 0. The van der Waals surface area contributed by atoms with E-state index < -0.39 is 11.6 Å². The summed E-state index contributed by atoms with van der Waals surface area (Å²) in [6.07, 6.45) is 0. The molecule has 0 saturated carbocycles. The zero-order valence-electron chi connectivity index (χ0n) is 7.71.